The highest BCUT2D eigenvalue weighted by molar-refractivity contribution is 5.77. The molecule has 0 aliphatic carbocycles. The summed E-state index contributed by atoms with van der Waals surface area (Å²) in [6.07, 6.45) is 0.851. The molecule has 0 bridgehead atoms. The maximum Gasteiger partial charge on any atom is 0.319 e. The number of esters is 1. The zero-order valence-corrected chi connectivity index (χ0v) is 8.95. The first-order chi connectivity index (χ1) is 6.51. The van der Waals surface area contributed by atoms with Gasteiger partial charge in [0.2, 0.25) is 5.91 Å². The summed E-state index contributed by atoms with van der Waals surface area (Å²) in [6, 6.07) is 0.140. The molecule has 1 atom stereocenters. The molecule has 5 nitrogen and oxygen atoms in total. The van der Waals surface area contributed by atoms with Crippen molar-refractivity contribution >= 4 is 11.9 Å². The highest BCUT2D eigenvalue weighted by atomic mass is 16.5. The third-order valence-corrected chi connectivity index (χ3v) is 2.13. The maximum absolute atomic E-state index is 11.0. The standard InChI is InChI=1S/C9H18N2O3/c1-4-7(2)11(5-8(10)12)6-9(13)14-3/h7H,4-6H2,1-3H3,(H2,10,12)/t7-/m0/s1. The van der Waals surface area contributed by atoms with E-state index in [2.05, 4.69) is 4.74 Å². The first-order valence-electron chi connectivity index (χ1n) is 4.60. The van der Waals surface area contributed by atoms with Crippen LogP contribution in [0.15, 0.2) is 0 Å². The molecule has 82 valence electrons. The van der Waals surface area contributed by atoms with Crippen LogP contribution in [0, 0.1) is 0 Å². The second-order valence-electron chi connectivity index (χ2n) is 3.20. The van der Waals surface area contributed by atoms with Gasteiger partial charge < -0.3 is 10.5 Å². The summed E-state index contributed by atoms with van der Waals surface area (Å²) in [5.74, 6) is -0.791. The number of nitrogens with two attached hydrogens (primary N) is 1. The molecule has 0 radical (unpaired) electrons. The number of methoxy groups -OCH3 is 1. The molecule has 0 unspecified atom stereocenters. The molecule has 0 fully saturated rings. The summed E-state index contributed by atoms with van der Waals surface area (Å²) in [5.41, 5.74) is 5.07. The molecule has 14 heavy (non-hydrogen) atoms. The van der Waals surface area contributed by atoms with Crippen LogP contribution in [0.1, 0.15) is 20.3 Å². The Morgan fingerprint density at radius 3 is 2.36 bits per heavy atom. The average molecular weight is 202 g/mol. The van der Waals surface area contributed by atoms with E-state index in [4.69, 9.17) is 5.73 Å². The van der Waals surface area contributed by atoms with E-state index in [1.54, 1.807) is 4.90 Å². The maximum atomic E-state index is 11.0. The fourth-order valence-electron chi connectivity index (χ4n) is 1.06. The topological polar surface area (TPSA) is 72.6 Å². The van der Waals surface area contributed by atoms with E-state index in [1.165, 1.54) is 7.11 Å². The van der Waals surface area contributed by atoms with Gasteiger partial charge in [-0.3, -0.25) is 14.5 Å². The molecule has 0 spiro atoms. The van der Waals surface area contributed by atoms with Gasteiger partial charge >= 0.3 is 5.97 Å². The highest BCUT2D eigenvalue weighted by Gasteiger charge is 2.17. The molecule has 5 heteroatoms. The van der Waals surface area contributed by atoms with Gasteiger partial charge in [0.05, 0.1) is 20.2 Å². The highest BCUT2D eigenvalue weighted by Crippen LogP contribution is 2.02. The van der Waals surface area contributed by atoms with Crippen LogP contribution in [-0.4, -0.2) is 43.0 Å². The number of ether oxygens (including phenoxy) is 1. The Morgan fingerprint density at radius 2 is 2.00 bits per heavy atom. The van der Waals surface area contributed by atoms with Crippen molar-refractivity contribution in [3.63, 3.8) is 0 Å². The third kappa shape index (κ3) is 4.81. The Bertz CT molecular complexity index is 206. The van der Waals surface area contributed by atoms with Gasteiger partial charge in [0.15, 0.2) is 0 Å². The Balaban J connectivity index is 4.23. The van der Waals surface area contributed by atoms with Crippen molar-refractivity contribution in [2.75, 3.05) is 20.2 Å². The number of hydrogen-bond donors (Lipinski definition) is 1. The molecule has 1 amide bonds. The largest absolute Gasteiger partial charge is 0.468 e. The first-order valence-corrected chi connectivity index (χ1v) is 4.60. The molecule has 0 aliphatic rings. The van der Waals surface area contributed by atoms with Gasteiger partial charge in [0.25, 0.3) is 0 Å². The molecule has 0 aromatic heterocycles. The molecule has 2 N–H and O–H groups in total. The van der Waals surface area contributed by atoms with Crippen LogP contribution >= 0.6 is 0 Å². The van der Waals surface area contributed by atoms with Crippen LogP contribution in [0.25, 0.3) is 0 Å². The van der Waals surface area contributed by atoms with Crippen LogP contribution in [0.4, 0.5) is 0 Å². The summed E-state index contributed by atoms with van der Waals surface area (Å²) in [5, 5.41) is 0. The summed E-state index contributed by atoms with van der Waals surface area (Å²) in [6.45, 7) is 4.11. The molecule has 0 aromatic carbocycles. The van der Waals surface area contributed by atoms with E-state index in [0.717, 1.165) is 6.42 Å². The van der Waals surface area contributed by atoms with Crippen molar-refractivity contribution < 1.29 is 14.3 Å². The van der Waals surface area contributed by atoms with Gasteiger partial charge in [-0.25, -0.2) is 0 Å². The van der Waals surface area contributed by atoms with Crippen LogP contribution in [-0.2, 0) is 14.3 Å². The molecular weight excluding hydrogens is 184 g/mol. The number of rotatable bonds is 6. The molecule has 0 saturated carbocycles. The number of hydrogen-bond acceptors (Lipinski definition) is 4. The Hall–Kier alpha value is -1.10. The summed E-state index contributed by atoms with van der Waals surface area (Å²) >= 11 is 0. The lowest BCUT2D eigenvalue weighted by Crippen LogP contribution is -2.42. The van der Waals surface area contributed by atoms with Gasteiger partial charge in [-0.1, -0.05) is 6.92 Å². The molecular formula is C9H18N2O3. The number of primary amides is 1. The van der Waals surface area contributed by atoms with Crippen LogP contribution in [0.3, 0.4) is 0 Å². The van der Waals surface area contributed by atoms with Gasteiger partial charge in [-0.05, 0) is 13.3 Å². The van der Waals surface area contributed by atoms with Crippen LogP contribution in [0.2, 0.25) is 0 Å². The molecule has 0 saturated heterocycles. The number of nitrogens with zero attached hydrogens (tertiary/aromatic N) is 1. The number of carbonyl (C=O) groups excluding carboxylic acids is 2. The van der Waals surface area contributed by atoms with Gasteiger partial charge in [0.1, 0.15) is 0 Å². The van der Waals surface area contributed by atoms with Crippen LogP contribution < -0.4 is 5.73 Å². The van der Waals surface area contributed by atoms with E-state index in [9.17, 15) is 9.59 Å². The predicted molar refractivity (Wildman–Crippen MR) is 52.5 cm³/mol. The zero-order valence-electron chi connectivity index (χ0n) is 8.95. The molecule has 0 aromatic rings. The minimum Gasteiger partial charge on any atom is -0.468 e. The van der Waals surface area contributed by atoms with E-state index >= 15 is 0 Å². The minimum atomic E-state index is -0.436. The summed E-state index contributed by atoms with van der Waals surface area (Å²) < 4.78 is 4.52. The van der Waals surface area contributed by atoms with E-state index in [1.807, 2.05) is 13.8 Å². The van der Waals surface area contributed by atoms with Gasteiger partial charge in [-0.2, -0.15) is 0 Å². The SMILES string of the molecule is CC[C@H](C)N(CC(N)=O)CC(=O)OC. The van der Waals surface area contributed by atoms with Crippen molar-refractivity contribution in [2.24, 2.45) is 5.73 Å². The van der Waals surface area contributed by atoms with Crippen molar-refractivity contribution in [3.8, 4) is 0 Å². The smallest absolute Gasteiger partial charge is 0.319 e. The zero-order chi connectivity index (χ0) is 11.1. The van der Waals surface area contributed by atoms with E-state index < -0.39 is 5.91 Å². The Morgan fingerprint density at radius 1 is 1.43 bits per heavy atom. The molecule has 0 heterocycles. The quantitative estimate of drug-likeness (QED) is 0.602. The van der Waals surface area contributed by atoms with Crippen molar-refractivity contribution in [2.45, 2.75) is 26.3 Å². The summed E-state index contributed by atoms with van der Waals surface area (Å²) in [4.78, 5) is 23.4. The lowest BCUT2D eigenvalue weighted by atomic mass is 10.2. The van der Waals surface area contributed by atoms with Crippen molar-refractivity contribution in [1.29, 1.82) is 0 Å². The average Bonchev–Trinajstić information content (AvgIpc) is 2.14. The Kier molecular flexibility index (Phi) is 5.87. The van der Waals surface area contributed by atoms with Crippen molar-refractivity contribution in [1.82, 2.24) is 4.90 Å². The fourth-order valence-corrected chi connectivity index (χ4v) is 1.06. The van der Waals surface area contributed by atoms with E-state index in [0.29, 0.717) is 0 Å². The third-order valence-electron chi connectivity index (χ3n) is 2.13. The van der Waals surface area contributed by atoms with Crippen molar-refractivity contribution in [3.05, 3.63) is 0 Å². The second-order valence-corrected chi connectivity index (χ2v) is 3.20. The van der Waals surface area contributed by atoms with Gasteiger partial charge in [-0.15, -0.1) is 0 Å². The molecule has 0 rings (SSSR count). The molecule has 0 aliphatic heterocycles. The van der Waals surface area contributed by atoms with Crippen LogP contribution in [0.5, 0.6) is 0 Å². The van der Waals surface area contributed by atoms with Gasteiger partial charge in [0, 0.05) is 6.04 Å². The second kappa shape index (κ2) is 6.37. The summed E-state index contributed by atoms with van der Waals surface area (Å²) in [7, 11) is 1.32. The minimum absolute atomic E-state index is 0.0874. The number of carbonyl (C=O) groups is 2. The normalized spacial score (nSPS) is 12.6. The monoisotopic (exact) mass is 202 g/mol. The fraction of sp³-hybridized carbons (Fsp3) is 0.778. The predicted octanol–water partition coefficient (Wildman–Crippen LogP) is -0.255. The first kappa shape index (κ1) is 12.9. The number of amides is 1. The Labute approximate surface area is 84.2 Å². The lowest BCUT2D eigenvalue weighted by molar-refractivity contribution is -0.142. The lowest BCUT2D eigenvalue weighted by Gasteiger charge is -2.25. The van der Waals surface area contributed by atoms with E-state index in [-0.39, 0.29) is 25.1 Å².